The van der Waals surface area contributed by atoms with Crippen LogP contribution < -0.4 is 5.32 Å². The number of carbonyl (C=O) groups excluding carboxylic acids is 1. The van der Waals surface area contributed by atoms with Gasteiger partial charge in [-0.05, 0) is 31.1 Å². The van der Waals surface area contributed by atoms with E-state index in [1.165, 1.54) is 6.42 Å². The van der Waals surface area contributed by atoms with Gasteiger partial charge in [-0.1, -0.05) is 6.42 Å². The van der Waals surface area contributed by atoms with Crippen molar-refractivity contribution in [2.45, 2.75) is 30.6 Å². The molecular formula is C9H14ClNO. The van der Waals surface area contributed by atoms with Crippen molar-refractivity contribution in [2.75, 3.05) is 7.05 Å². The molecule has 0 radical (unpaired) electrons. The van der Waals surface area contributed by atoms with Crippen LogP contribution in [0.3, 0.4) is 0 Å². The normalized spacial score (nSPS) is 44.8. The molecule has 1 N–H and O–H groups in total. The minimum absolute atomic E-state index is 0.0244. The Hall–Kier alpha value is -0.240. The first-order chi connectivity index (χ1) is 5.66. The van der Waals surface area contributed by atoms with E-state index in [9.17, 15) is 4.79 Å². The van der Waals surface area contributed by atoms with Gasteiger partial charge in [-0.25, -0.2) is 0 Å². The third-order valence-corrected chi connectivity index (χ3v) is 4.01. The summed E-state index contributed by atoms with van der Waals surface area (Å²) in [5.74, 6) is 1.17. The zero-order chi connectivity index (χ0) is 8.77. The average molecular weight is 188 g/mol. The second kappa shape index (κ2) is 2.63. The van der Waals surface area contributed by atoms with Gasteiger partial charge in [0.15, 0.2) is 0 Å². The maximum Gasteiger partial charge on any atom is 0.241 e. The first kappa shape index (κ1) is 8.36. The van der Waals surface area contributed by atoms with E-state index in [2.05, 4.69) is 5.32 Å². The molecular weight excluding hydrogens is 174 g/mol. The van der Waals surface area contributed by atoms with Crippen molar-refractivity contribution >= 4 is 17.5 Å². The van der Waals surface area contributed by atoms with Crippen LogP contribution in [-0.4, -0.2) is 17.8 Å². The molecule has 0 spiro atoms. The number of rotatable bonds is 1. The van der Waals surface area contributed by atoms with E-state index in [1.807, 2.05) is 0 Å². The fourth-order valence-corrected chi connectivity index (χ4v) is 3.26. The van der Waals surface area contributed by atoms with Crippen LogP contribution in [-0.2, 0) is 4.79 Å². The third kappa shape index (κ3) is 0.972. The molecule has 0 aromatic heterocycles. The Morgan fingerprint density at radius 2 is 2.33 bits per heavy atom. The Labute approximate surface area is 77.7 Å². The van der Waals surface area contributed by atoms with E-state index in [0.717, 1.165) is 19.3 Å². The lowest BCUT2D eigenvalue weighted by Crippen LogP contribution is -2.44. The number of carbonyl (C=O) groups is 1. The highest BCUT2D eigenvalue weighted by Crippen LogP contribution is 2.54. The van der Waals surface area contributed by atoms with Gasteiger partial charge >= 0.3 is 0 Å². The lowest BCUT2D eigenvalue weighted by molar-refractivity contribution is -0.124. The molecule has 2 bridgehead atoms. The number of alkyl halides is 1. The Morgan fingerprint density at radius 3 is 2.75 bits per heavy atom. The quantitative estimate of drug-likeness (QED) is 0.620. The summed E-state index contributed by atoms with van der Waals surface area (Å²) in [4.78, 5) is 10.9. The van der Waals surface area contributed by atoms with Crippen LogP contribution in [0.25, 0.3) is 0 Å². The van der Waals surface area contributed by atoms with Crippen LogP contribution in [0.2, 0.25) is 0 Å². The van der Waals surface area contributed by atoms with Gasteiger partial charge in [-0.2, -0.15) is 0 Å². The molecule has 3 atom stereocenters. The summed E-state index contributed by atoms with van der Waals surface area (Å²) in [6, 6.07) is 0. The van der Waals surface area contributed by atoms with E-state index in [-0.39, 0.29) is 5.91 Å². The van der Waals surface area contributed by atoms with Crippen molar-refractivity contribution < 1.29 is 4.79 Å². The van der Waals surface area contributed by atoms with Crippen LogP contribution in [0.5, 0.6) is 0 Å². The topological polar surface area (TPSA) is 29.1 Å². The highest BCUT2D eigenvalue weighted by Gasteiger charge is 2.54. The van der Waals surface area contributed by atoms with Crippen LogP contribution in [0.4, 0.5) is 0 Å². The average Bonchev–Trinajstić information content (AvgIpc) is 2.62. The first-order valence-corrected chi connectivity index (χ1v) is 4.95. The van der Waals surface area contributed by atoms with Gasteiger partial charge in [-0.15, -0.1) is 11.6 Å². The number of halogens is 1. The third-order valence-electron chi connectivity index (χ3n) is 3.38. The van der Waals surface area contributed by atoms with Crippen molar-refractivity contribution in [1.82, 2.24) is 5.32 Å². The minimum atomic E-state index is -0.558. The number of hydrogen-bond donors (Lipinski definition) is 1. The highest BCUT2D eigenvalue weighted by atomic mass is 35.5. The van der Waals surface area contributed by atoms with Crippen molar-refractivity contribution in [1.29, 1.82) is 0 Å². The van der Waals surface area contributed by atoms with Gasteiger partial charge < -0.3 is 5.32 Å². The Morgan fingerprint density at radius 1 is 1.58 bits per heavy atom. The summed E-state index contributed by atoms with van der Waals surface area (Å²) < 4.78 is 0. The van der Waals surface area contributed by atoms with Crippen molar-refractivity contribution in [3.05, 3.63) is 0 Å². The molecule has 68 valence electrons. The van der Waals surface area contributed by atoms with Crippen molar-refractivity contribution in [3.63, 3.8) is 0 Å². The lowest BCUT2D eigenvalue weighted by atomic mass is 9.87. The minimum Gasteiger partial charge on any atom is -0.358 e. The molecule has 2 rings (SSSR count). The Kier molecular flexibility index (Phi) is 1.83. The van der Waals surface area contributed by atoms with Crippen LogP contribution in [0, 0.1) is 11.8 Å². The zero-order valence-electron chi connectivity index (χ0n) is 7.27. The van der Waals surface area contributed by atoms with Gasteiger partial charge in [0.05, 0.1) is 0 Å². The maximum absolute atomic E-state index is 11.5. The van der Waals surface area contributed by atoms with Gasteiger partial charge in [0.1, 0.15) is 4.87 Å². The molecule has 0 aromatic rings. The molecule has 2 aliphatic rings. The number of fused-ring (bicyclic) bond motifs is 2. The molecule has 2 fully saturated rings. The standard InChI is InChI=1S/C9H14ClNO/c1-11-8(12)9(10)5-6-2-3-7(9)4-6/h6-7H,2-5H2,1H3,(H,11,12)/t6-,7+,9-/m1/s1. The molecule has 0 saturated heterocycles. The number of hydrogen-bond acceptors (Lipinski definition) is 1. The Bertz CT molecular complexity index is 219. The van der Waals surface area contributed by atoms with E-state index in [4.69, 9.17) is 11.6 Å². The molecule has 1 amide bonds. The molecule has 0 unspecified atom stereocenters. The second-order valence-corrected chi connectivity index (χ2v) is 4.70. The second-order valence-electron chi connectivity index (χ2n) is 4.02. The van der Waals surface area contributed by atoms with Crippen molar-refractivity contribution in [2.24, 2.45) is 11.8 Å². The molecule has 0 aromatic carbocycles. The summed E-state index contributed by atoms with van der Waals surface area (Å²) in [6.45, 7) is 0. The first-order valence-electron chi connectivity index (χ1n) is 4.58. The molecule has 2 saturated carbocycles. The summed E-state index contributed by atoms with van der Waals surface area (Å²) in [5.41, 5.74) is 0. The van der Waals surface area contributed by atoms with Gasteiger partial charge in [0.25, 0.3) is 0 Å². The predicted molar refractivity (Wildman–Crippen MR) is 48.1 cm³/mol. The lowest BCUT2D eigenvalue weighted by Gasteiger charge is -2.29. The molecule has 2 nitrogen and oxygen atoms in total. The van der Waals surface area contributed by atoms with Gasteiger partial charge in [0, 0.05) is 7.05 Å². The van der Waals surface area contributed by atoms with Crippen LogP contribution >= 0.6 is 11.6 Å². The smallest absolute Gasteiger partial charge is 0.241 e. The van der Waals surface area contributed by atoms with Gasteiger partial charge in [0.2, 0.25) is 5.91 Å². The van der Waals surface area contributed by atoms with Crippen LogP contribution in [0.1, 0.15) is 25.7 Å². The largest absolute Gasteiger partial charge is 0.358 e. The Balaban J connectivity index is 2.17. The maximum atomic E-state index is 11.5. The number of amides is 1. The molecule has 12 heavy (non-hydrogen) atoms. The fraction of sp³-hybridized carbons (Fsp3) is 0.889. The molecule has 2 aliphatic carbocycles. The summed E-state index contributed by atoms with van der Waals surface area (Å²) in [7, 11) is 1.67. The summed E-state index contributed by atoms with van der Waals surface area (Å²) >= 11 is 6.31. The summed E-state index contributed by atoms with van der Waals surface area (Å²) in [5, 5.41) is 2.66. The number of nitrogens with one attached hydrogen (secondary N) is 1. The van der Waals surface area contributed by atoms with Gasteiger partial charge in [-0.3, -0.25) is 4.79 Å². The molecule has 3 heteroatoms. The fourth-order valence-electron chi connectivity index (χ4n) is 2.75. The highest BCUT2D eigenvalue weighted by molar-refractivity contribution is 6.35. The van der Waals surface area contributed by atoms with E-state index >= 15 is 0 Å². The van der Waals surface area contributed by atoms with E-state index in [1.54, 1.807) is 7.05 Å². The summed E-state index contributed by atoms with van der Waals surface area (Å²) in [6.07, 6.45) is 4.47. The molecule has 0 heterocycles. The van der Waals surface area contributed by atoms with E-state index in [0.29, 0.717) is 11.8 Å². The SMILES string of the molecule is CNC(=O)[C@@]1(Cl)C[C@@H]2CC[C@H]1C2. The van der Waals surface area contributed by atoms with E-state index < -0.39 is 4.87 Å². The van der Waals surface area contributed by atoms with Crippen LogP contribution in [0.15, 0.2) is 0 Å². The molecule has 0 aliphatic heterocycles. The predicted octanol–water partition coefficient (Wildman–Crippen LogP) is 1.53. The monoisotopic (exact) mass is 187 g/mol. The van der Waals surface area contributed by atoms with Crippen molar-refractivity contribution in [3.8, 4) is 0 Å². The zero-order valence-corrected chi connectivity index (χ0v) is 8.03.